The SMILES string of the molecule is CCNC(COCC)CSCC. The molecule has 12 heavy (non-hydrogen) atoms. The van der Waals surface area contributed by atoms with Gasteiger partial charge in [0.15, 0.2) is 0 Å². The molecule has 0 bridgehead atoms. The lowest BCUT2D eigenvalue weighted by molar-refractivity contribution is 0.129. The second kappa shape index (κ2) is 9.36. The summed E-state index contributed by atoms with van der Waals surface area (Å²) in [5.41, 5.74) is 0. The highest BCUT2D eigenvalue weighted by molar-refractivity contribution is 7.99. The quantitative estimate of drug-likeness (QED) is 0.631. The molecular weight excluding hydrogens is 170 g/mol. The summed E-state index contributed by atoms with van der Waals surface area (Å²) in [6.07, 6.45) is 0. The number of thioether (sulfide) groups is 1. The van der Waals surface area contributed by atoms with E-state index in [1.54, 1.807) is 0 Å². The fraction of sp³-hybridized carbons (Fsp3) is 1.00. The highest BCUT2D eigenvalue weighted by atomic mass is 32.2. The van der Waals surface area contributed by atoms with Gasteiger partial charge in [0.1, 0.15) is 0 Å². The second-order valence-electron chi connectivity index (χ2n) is 2.57. The first kappa shape index (κ1) is 12.3. The summed E-state index contributed by atoms with van der Waals surface area (Å²) >= 11 is 1.96. The maximum Gasteiger partial charge on any atom is 0.0627 e. The number of hydrogen-bond acceptors (Lipinski definition) is 3. The fourth-order valence-electron chi connectivity index (χ4n) is 0.975. The van der Waals surface area contributed by atoms with Crippen LogP contribution in [0.4, 0.5) is 0 Å². The molecule has 0 aliphatic heterocycles. The van der Waals surface area contributed by atoms with Gasteiger partial charge in [-0.25, -0.2) is 0 Å². The summed E-state index contributed by atoms with van der Waals surface area (Å²) in [6.45, 7) is 9.05. The normalized spacial score (nSPS) is 13.2. The van der Waals surface area contributed by atoms with Gasteiger partial charge < -0.3 is 10.1 Å². The summed E-state index contributed by atoms with van der Waals surface area (Å²) in [5, 5.41) is 3.41. The lowest BCUT2D eigenvalue weighted by atomic mass is 10.3. The molecule has 0 aromatic rings. The minimum Gasteiger partial charge on any atom is -0.380 e. The van der Waals surface area contributed by atoms with E-state index in [0.717, 1.165) is 25.5 Å². The molecule has 0 rings (SSSR count). The maximum atomic E-state index is 5.37. The van der Waals surface area contributed by atoms with Crippen LogP contribution in [0.25, 0.3) is 0 Å². The molecule has 3 heteroatoms. The number of nitrogens with one attached hydrogen (secondary N) is 1. The first-order valence-electron chi connectivity index (χ1n) is 4.73. The van der Waals surface area contributed by atoms with E-state index < -0.39 is 0 Å². The van der Waals surface area contributed by atoms with Crippen molar-refractivity contribution in [2.45, 2.75) is 26.8 Å². The predicted molar refractivity (Wildman–Crippen MR) is 57.0 cm³/mol. The monoisotopic (exact) mass is 191 g/mol. The van der Waals surface area contributed by atoms with Crippen molar-refractivity contribution in [2.75, 3.05) is 31.3 Å². The smallest absolute Gasteiger partial charge is 0.0627 e. The predicted octanol–water partition coefficient (Wildman–Crippen LogP) is 1.75. The third-order valence-corrected chi connectivity index (χ3v) is 2.59. The van der Waals surface area contributed by atoms with Crippen LogP contribution in [0.15, 0.2) is 0 Å². The van der Waals surface area contributed by atoms with Crippen molar-refractivity contribution in [3.63, 3.8) is 0 Å². The molecule has 0 saturated carbocycles. The Balaban J connectivity index is 3.40. The zero-order chi connectivity index (χ0) is 9.23. The zero-order valence-electron chi connectivity index (χ0n) is 8.43. The lowest BCUT2D eigenvalue weighted by Gasteiger charge is -2.16. The third kappa shape index (κ3) is 6.95. The molecule has 0 aromatic carbocycles. The Morgan fingerprint density at radius 3 is 2.58 bits per heavy atom. The van der Waals surface area contributed by atoms with Gasteiger partial charge in [0.2, 0.25) is 0 Å². The molecule has 1 unspecified atom stereocenters. The van der Waals surface area contributed by atoms with E-state index in [1.807, 2.05) is 18.7 Å². The average Bonchev–Trinajstić information content (AvgIpc) is 2.10. The highest BCUT2D eigenvalue weighted by Crippen LogP contribution is 2.02. The largest absolute Gasteiger partial charge is 0.380 e. The number of hydrogen-bond donors (Lipinski definition) is 1. The minimum absolute atomic E-state index is 0.528. The summed E-state index contributed by atoms with van der Waals surface area (Å²) in [7, 11) is 0. The topological polar surface area (TPSA) is 21.3 Å². The van der Waals surface area contributed by atoms with Crippen LogP contribution in [0.1, 0.15) is 20.8 Å². The molecule has 0 aliphatic carbocycles. The van der Waals surface area contributed by atoms with Crippen molar-refractivity contribution in [1.82, 2.24) is 5.32 Å². The van der Waals surface area contributed by atoms with Crippen LogP contribution in [0, 0.1) is 0 Å². The van der Waals surface area contributed by atoms with Crippen LogP contribution in [0.5, 0.6) is 0 Å². The molecule has 74 valence electrons. The number of likely N-dealkylation sites (N-methyl/N-ethyl adjacent to an activating group) is 1. The van der Waals surface area contributed by atoms with Gasteiger partial charge in [0, 0.05) is 18.4 Å². The summed E-state index contributed by atoms with van der Waals surface area (Å²) in [5.74, 6) is 2.35. The fourth-order valence-corrected chi connectivity index (χ4v) is 1.71. The van der Waals surface area contributed by atoms with Gasteiger partial charge in [-0.2, -0.15) is 11.8 Å². The van der Waals surface area contributed by atoms with E-state index in [0.29, 0.717) is 6.04 Å². The van der Waals surface area contributed by atoms with Crippen molar-refractivity contribution in [3.8, 4) is 0 Å². The van der Waals surface area contributed by atoms with Gasteiger partial charge in [-0.1, -0.05) is 13.8 Å². The average molecular weight is 191 g/mol. The first-order chi connectivity index (χ1) is 5.85. The van der Waals surface area contributed by atoms with Gasteiger partial charge >= 0.3 is 0 Å². The Hall–Kier alpha value is 0.270. The molecule has 0 saturated heterocycles. The van der Waals surface area contributed by atoms with Crippen molar-refractivity contribution in [2.24, 2.45) is 0 Å². The highest BCUT2D eigenvalue weighted by Gasteiger charge is 2.05. The number of ether oxygens (including phenoxy) is 1. The number of rotatable bonds is 8. The van der Waals surface area contributed by atoms with E-state index in [4.69, 9.17) is 4.74 Å². The van der Waals surface area contributed by atoms with Gasteiger partial charge in [0.25, 0.3) is 0 Å². The molecule has 0 fully saturated rings. The van der Waals surface area contributed by atoms with E-state index in [2.05, 4.69) is 19.2 Å². The molecule has 1 N–H and O–H groups in total. The lowest BCUT2D eigenvalue weighted by Crippen LogP contribution is -2.35. The molecule has 0 radical (unpaired) electrons. The van der Waals surface area contributed by atoms with Gasteiger partial charge in [-0.05, 0) is 19.2 Å². The summed E-state index contributed by atoms with van der Waals surface area (Å²) in [6, 6.07) is 0.528. The standard InChI is InChI=1S/C9H21NOS/c1-4-10-9(7-11-5-2)8-12-6-3/h9-10H,4-8H2,1-3H3. The Morgan fingerprint density at radius 2 is 2.08 bits per heavy atom. The molecule has 0 aliphatic rings. The van der Waals surface area contributed by atoms with E-state index in [1.165, 1.54) is 5.75 Å². The van der Waals surface area contributed by atoms with Crippen LogP contribution in [-0.2, 0) is 4.74 Å². The van der Waals surface area contributed by atoms with Gasteiger partial charge in [-0.15, -0.1) is 0 Å². The summed E-state index contributed by atoms with van der Waals surface area (Å²) < 4.78 is 5.37. The second-order valence-corrected chi connectivity index (χ2v) is 3.89. The van der Waals surface area contributed by atoms with Crippen molar-refractivity contribution >= 4 is 11.8 Å². The molecule has 0 heterocycles. The maximum absolute atomic E-state index is 5.37. The van der Waals surface area contributed by atoms with Crippen molar-refractivity contribution in [3.05, 3.63) is 0 Å². The minimum atomic E-state index is 0.528. The Kier molecular flexibility index (Phi) is 9.57. The van der Waals surface area contributed by atoms with E-state index in [9.17, 15) is 0 Å². The molecule has 0 spiro atoms. The van der Waals surface area contributed by atoms with Crippen LogP contribution >= 0.6 is 11.8 Å². The molecule has 0 aromatic heterocycles. The Bertz CT molecular complexity index is 82.6. The van der Waals surface area contributed by atoms with E-state index in [-0.39, 0.29) is 0 Å². The van der Waals surface area contributed by atoms with Crippen LogP contribution < -0.4 is 5.32 Å². The molecule has 1 atom stereocenters. The van der Waals surface area contributed by atoms with E-state index >= 15 is 0 Å². The molecular formula is C9H21NOS. The Morgan fingerprint density at radius 1 is 1.33 bits per heavy atom. The third-order valence-electron chi connectivity index (χ3n) is 1.54. The van der Waals surface area contributed by atoms with Crippen molar-refractivity contribution < 1.29 is 4.74 Å². The summed E-state index contributed by atoms with van der Waals surface area (Å²) in [4.78, 5) is 0. The van der Waals surface area contributed by atoms with Crippen LogP contribution in [-0.4, -0.2) is 37.3 Å². The van der Waals surface area contributed by atoms with Crippen LogP contribution in [0.2, 0.25) is 0 Å². The molecule has 0 amide bonds. The Labute approximate surface area is 80.4 Å². The first-order valence-corrected chi connectivity index (χ1v) is 5.89. The molecule has 2 nitrogen and oxygen atoms in total. The van der Waals surface area contributed by atoms with Crippen LogP contribution in [0.3, 0.4) is 0 Å². The van der Waals surface area contributed by atoms with Crippen molar-refractivity contribution in [1.29, 1.82) is 0 Å². The zero-order valence-corrected chi connectivity index (χ0v) is 9.25. The van der Waals surface area contributed by atoms with Gasteiger partial charge in [0.05, 0.1) is 6.61 Å². The van der Waals surface area contributed by atoms with Gasteiger partial charge in [-0.3, -0.25) is 0 Å².